The van der Waals surface area contributed by atoms with E-state index in [1.54, 1.807) is 0 Å². The number of nitro groups is 1. The van der Waals surface area contributed by atoms with Crippen molar-refractivity contribution in [3.05, 3.63) is 34.1 Å². The van der Waals surface area contributed by atoms with Crippen LogP contribution in [-0.2, 0) is 0 Å². The number of hydrogen-bond acceptors (Lipinski definition) is 4. The van der Waals surface area contributed by atoms with E-state index in [0.29, 0.717) is 6.42 Å². The van der Waals surface area contributed by atoms with Crippen LogP contribution in [0.15, 0.2) is 18.2 Å². The second kappa shape index (κ2) is 4.67. The Labute approximate surface area is 97.5 Å². The van der Waals surface area contributed by atoms with E-state index < -0.39 is 10.7 Å². The quantitative estimate of drug-likeness (QED) is 0.647. The van der Waals surface area contributed by atoms with Gasteiger partial charge in [-0.15, -0.1) is 0 Å². The van der Waals surface area contributed by atoms with Crippen LogP contribution in [0.1, 0.15) is 19.3 Å². The van der Waals surface area contributed by atoms with Crippen LogP contribution in [0.3, 0.4) is 0 Å². The molecular weight excluding hydrogens is 227 g/mol. The van der Waals surface area contributed by atoms with Crippen LogP contribution in [0.5, 0.6) is 5.75 Å². The van der Waals surface area contributed by atoms with Gasteiger partial charge in [0.2, 0.25) is 0 Å². The third-order valence-corrected chi connectivity index (χ3v) is 2.84. The van der Waals surface area contributed by atoms with Crippen molar-refractivity contribution in [2.75, 3.05) is 0 Å². The molecular formula is C11H13FN2O3. The highest BCUT2D eigenvalue weighted by atomic mass is 19.1. The first-order chi connectivity index (χ1) is 8.06. The van der Waals surface area contributed by atoms with Crippen molar-refractivity contribution in [1.82, 2.24) is 0 Å². The fourth-order valence-corrected chi connectivity index (χ4v) is 1.99. The standard InChI is InChI=1S/C11H13FN2O3/c12-7-1-4-10(14(15)16)11(5-7)17-9-3-2-8(13)6-9/h1,4-5,8-9H,2-3,6,13H2. The van der Waals surface area contributed by atoms with Gasteiger partial charge in [-0.05, 0) is 25.3 Å². The summed E-state index contributed by atoms with van der Waals surface area (Å²) in [6.45, 7) is 0. The normalized spacial score (nSPS) is 23.6. The molecule has 1 aliphatic rings. The summed E-state index contributed by atoms with van der Waals surface area (Å²) in [5.41, 5.74) is 5.50. The highest BCUT2D eigenvalue weighted by Crippen LogP contribution is 2.31. The van der Waals surface area contributed by atoms with Gasteiger partial charge in [-0.1, -0.05) is 0 Å². The molecule has 92 valence electrons. The molecule has 5 nitrogen and oxygen atoms in total. The summed E-state index contributed by atoms with van der Waals surface area (Å²) in [5.74, 6) is -0.568. The lowest BCUT2D eigenvalue weighted by atomic mass is 10.2. The van der Waals surface area contributed by atoms with Crippen molar-refractivity contribution >= 4 is 5.69 Å². The maximum Gasteiger partial charge on any atom is 0.311 e. The minimum absolute atomic E-state index is 0.0194. The number of ether oxygens (including phenoxy) is 1. The third kappa shape index (κ3) is 2.71. The highest BCUT2D eigenvalue weighted by Gasteiger charge is 2.26. The Morgan fingerprint density at radius 2 is 2.24 bits per heavy atom. The second-order valence-corrected chi connectivity index (χ2v) is 4.18. The van der Waals surface area contributed by atoms with Gasteiger partial charge in [0.1, 0.15) is 11.9 Å². The van der Waals surface area contributed by atoms with E-state index in [-0.39, 0.29) is 23.6 Å². The molecule has 0 spiro atoms. The van der Waals surface area contributed by atoms with E-state index >= 15 is 0 Å². The first-order valence-corrected chi connectivity index (χ1v) is 5.42. The summed E-state index contributed by atoms with van der Waals surface area (Å²) in [5, 5.41) is 10.7. The molecule has 1 fully saturated rings. The van der Waals surface area contributed by atoms with Crippen molar-refractivity contribution in [2.24, 2.45) is 5.73 Å². The Bertz CT molecular complexity index is 439. The molecule has 0 heterocycles. The van der Waals surface area contributed by atoms with Gasteiger partial charge in [0.25, 0.3) is 0 Å². The van der Waals surface area contributed by atoms with Crippen molar-refractivity contribution in [2.45, 2.75) is 31.4 Å². The zero-order valence-electron chi connectivity index (χ0n) is 9.14. The van der Waals surface area contributed by atoms with Crippen molar-refractivity contribution in [1.29, 1.82) is 0 Å². The van der Waals surface area contributed by atoms with Crippen LogP contribution >= 0.6 is 0 Å². The van der Waals surface area contributed by atoms with Crippen molar-refractivity contribution in [3.8, 4) is 5.75 Å². The molecule has 1 aromatic carbocycles. The highest BCUT2D eigenvalue weighted by molar-refractivity contribution is 5.46. The summed E-state index contributed by atoms with van der Waals surface area (Å²) in [6.07, 6.45) is 2.06. The number of halogens is 1. The number of rotatable bonds is 3. The molecule has 1 aliphatic carbocycles. The topological polar surface area (TPSA) is 78.4 Å². The minimum Gasteiger partial charge on any atom is -0.483 e. The molecule has 2 unspecified atom stereocenters. The summed E-state index contributed by atoms with van der Waals surface area (Å²) in [4.78, 5) is 10.2. The molecule has 0 saturated heterocycles. The minimum atomic E-state index is -0.580. The first-order valence-electron chi connectivity index (χ1n) is 5.42. The van der Waals surface area contributed by atoms with Crippen LogP contribution in [0.2, 0.25) is 0 Å². The lowest BCUT2D eigenvalue weighted by Gasteiger charge is -2.13. The fourth-order valence-electron chi connectivity index (χ4n) is 1.99. The van der Waals surface area contributed by atoms with Gasteiger partial charge >= 0.3 is 5.69 Å². The molecule has 0 radical (unpaired) electrons. The number of nitrogens with two attached hydrogens (primary N) is 1. The van der Waals surface area contributed by atoms with Gasteiger partial charge in [0.05, 0.1) is 4.92 Å². The van der Waals surface area contributed by atoms with Crippen LogP contribution < -0.4 is 10.5 Å². The van der Waals surface area contributed by atoms with Gasteiger partial charge < -0.3 is 10.5 Å². The van der Waals surface area contributed by atoms with E-state index in [9.17, 15) is 14.5 Å². The number of hydrogen-bond donors (Lipinski definition) is 1. The van der Waals surface area contributed by atoms with Crippen molar-refractivity contribution < 1.29 is 14.1 Å². The smallest absolute Gasteiger partial charge is 0.311 e. The first kappa shape index (κ1) is 11.8. The Morgan fingerprint density at radius 3 is 2.82 bits per heavy atom. The van der Waals surface area contributed by atoms with Crippen LogP contribution in [0, 0.1) is 15.9 Å². The number of nitrogens with zero attached hydrogens (tertiary/aromatic N) is 1. The van der Waals surface area contributed by atoms with E-state index in [4.69, 9.17) is 10.5 Å². The Balaban J connectivity index is 2.19. The summed E-state index contributed by atoms with van der Waals surface area (Å²) < 4.78 is 18.5. The monoisotopic (exact) mass is 240 g/mol. The maximum absolute atomic E-state index is 13.0. The Kier molecular flexibility index (Phi) is 3.23. The second-order valence-electron chi connectivity index (χ2n) is 4.18. The molecule has 2 atom stereocenters. The molecule has 1 saturated carbocycles. The molecule has 1 aromatic rings. The zero-order chi connectivity index (χ0) is 12.4. The lowest BCUT2D eigenvalue weighted by molar-refractivity contribution is -0.386. The summed E-state index contributed by atoms with van der Waals surface area (Å²) in [7, 11) is 0. The van der Waals surface area contributed by atoms with Crippen LogP contribution in [-0.4, -0.2) is 17.1 Å². The van der Waals surface area contributed by atoms with E-state index in [1.807, 2.05) is 0 Å². The maximum atomic E-state index is 13.0. The molecule has 2 N–H and O–H groups in total. The zero-order valence-corrected chi connectivity index (χ0v) is 9.14. The molecule has 0 amide bonds. The molecule has 0 aromatic heterocycles. The van der Waals surface area contributed by atoms with Gasteiger partial charge in [-0.3, -0.25) is 10.1 Å². The lowest BCUT2D eigenvalue weighted by Crippen LogP contribution is -2.19. The Morgan fingerprint density at radius 1 is 1.47 bits per heavy atom. The average Bonchev–Trinajstić information content (AvgIpc) is 2.63. The predicted octanol–water partition coefficient (Wildman–Crippen LogP) is 1.99. The van der Waals surface area contributed by atoms with E-state index in [0.717, 1.165) is 31.0 Å². The van der Waals surface area contributed by atoms with Crippen LogP contribution in [0.4, 0.5) is 10.1 Å². The van der Waals surface area contributed by atoms with Crippen LogP contribution in [0.25, 0.3) is 0 Å². The van der Waals surface area contributed by atoms with E-state index in [1.165, 1.54) is 0 Å². The van der Waals surface area contributed by atoms with E-state index in [2.05, 4.69) is 0 Å². The summed E-state index contributed by atoms with van der Waals surface area (Å²) >= 11 is 0. The van der Waals surface area contributed by atoms with Crippen molar-refractivity contribution in [3.63, 3.8) is 0 Å². The van der Waals surface area contributed by atoms with Gasteiger partial charge in [-0.25, -0.2) is 4.39 Å². The number of benzene rings is 1. The van der Waals surface area contributed by atoms with Gasteiger partial charge in [0, 0.05) is 18.2 Å². The van der Waals surface area contributed by atoms with Gasteiger partial charge in [0.15, 0.2) is 5.75 Å². The summed E-state index contributed by atoms with van der Waals surface area (Å²) in [6, 6.07) is 3.26. The molecule has 6 heteroatoms. The molecule has 2 rings (SSSR count). The van der Waals surface area contributed by atoms with Gasteiger partial charge in [-0.2, -0.15) is 0 Å². The average molecular weight is 240 g/mol. The largest absolute Gasteiger partial charge is 0.483 e. The Hall–Kier alpha value is -1.69. The third-order valence-electron chi connectivity index (χ3n) is 2.84. The fraction of sp³-hybridized carbons (Fsp3) is 0.455. The molecule has 17 heavy (non-hydrogen) atoms. The number of nitro benzene ring substituents is 1. The SMILES string of the molecule is NC1CCC(Oc2cc(F)ccc2[N+](=O)[O-])C1. The molecule has 0 aliphatic heterocycles. The molecule has 0 bridgehead atoms. The predicted molar refractivity (Wildman–Crippen MR) is 59.3 cm³/mol.